The van der Waals surface area contributed by atoms with Gasteiger partial charge < -0.3 is 9.32 Å². The van der Waals surface area contributed by atoms with Gasteiger partial charge in [-0.05, 0) is 42.5 Å². The molecule has 2 aromatic heterocycles. The predicted molar refractivity (Wildman–Crippen MR) is 108 cm³/mol. The first-order valence-corrected chi connectivity index (χ1v) is 11.6. The van der Waals surface area contributed by atoms with Crippen LogP contribution >= 0.6 is 11.3 Å². The van der Waals surface area contributed by atoms with Crippen molar-refractivity contribution in [1.29, 1.82) is 0 Å². The SMILES string of the molecule is Cc1ccsc1CN(C(=O)c1cc(=O)c2ccccc2o1)C1CCS(=O)(=O)C1. The summed E-state index contributed by atoms with van der Waals surface area (Å²) < 4.78 is 29.7. The number of aryl methyl sites for hydroxylation is 1. The number of rotatable bonds is 4. The van der Waals surface area contributed by atoms with E-state index in [1.165, 1.54) is 22.3 Å². The van der Waals surface area contributed by atoms with Gasteiger partial charge in [0.2, 0.25) is 0 Å². The smallest absolute Gasteiger partial charge is 0.290 e. The van der Waals surface area contributed by atoms with Gasteiger partial charge in [-0.1, -0.05) is 12.1 Å². The van der Waals surface area contributed by atoms with E-state index in [1.54, 1.807) is 24.3 Å². The molecule has 1 aromatic carbocycles. The third kappa shape index (κ3) is 3.62. The van der Waals surface area contributed by atoms with Gasteiger partial charge in [-0.2, -0.15) is 0 Å². The lowest BCUT2D eigenvalue weighted by molar-refractivity contribution is 0.0650. The van der Waals surface area contributed by atoms with Crippen LogP contribution < -0.4 is 5.43 Å². The molecule has 0 saturated carbocycles. The van der Waals surface area contributed by atoms with Crippen molar-refractivity contribution in [2.75, 3.05) is 11.5 Å². The highest BCUT2D eigenvalue weighted by Gasteiger charge is 2.36. The number of carbonyl (C=O) groups is 1. The molecule has 146 valence electrons. The molecule has 0 spiro atoms. The van der Waals surface area contributed by atoms with Crippen molar-refractivity contribution in [3.8, 4) is 0 Å². The summed E-state index contributed by atoms with van der Waals surface area (Å²) in [4.78, 5) is 28.2. The van der Waals surface area contributed by atoms with E-state index in [1.807, 2.05) is 18.4 Å². The highest BCUT2D eigenvalue weighted by Crippen LogP contribution is 2.26. The summed E-state index contributed by atoms with van der Waals surface area (Å²) in [6.45, 7) is 2.25. The van der Waals surface area contributed by atoms with Crippen LogP contribution in [0.1, 0.15) is 27.4 Å². The number of benzene rings is 1. The van der Waals surface area contributed by atoms with Crippen molar-refractivity contribution in [3.63, 3.8) is 0 Å². The molecular weight excluding hydrogens is 398 g/mol. The maximum Gasteiger partial charge on any atom is 0.290 e. The van der Waals surface area contributed by atoms with Crippen molar-refractivity contribution in [1.82, 2.24) is 4.90 Å². The number of amides is 1. The highest BCUT2D eigenvalue weighted by molar-refractivity contribution is 7.91. The lowest BCUT2D eigenvalue weighted by Crippen LogP contribution is -2.40. The van der Waals surface area contributed by atoms with Gasteiger partial charge in [-0.25, -0.2) is 8.42 Å². The number of thiophene rings is 1. The van der Waals surface area contributed by atoms with Crippen LogP contribution in [0.2, 0.25) is 0 Å². The van der Waals surface area contributed by atoms with Crippen LogP contribution in [0.25, 0.3) is 11.0 Å². The Morgan fingerprint density at radius 2 is 2.07 bits per heavy atom. The quantitative estimate of drug-likeness (QED) is 0.652. The number of hydrogen-bond acceptors (Lipinski definition) is 6. The Balaban J connectivity index is 1.74. The molecule has 0 bridgehead atoms. The van der Waals surface area contributed by atoms with Crippen LogP contribution in [-0.2, 0) is 16.4 Å². The molecule has 1 amide bonds. The maximum atomic E-state index is 13.3. The standard InChI is InChI=1S/C20H19NO5S2/c1-13-6-8-27-19(13)11-21(14-7-9-28(24,25)12-14)20(23)18-10-16(22)15-4-2-3-5-17(15)26-18/h2-6,8,10,14H,7,9,11-12H2,1H3. The fraction of sp³-hybridized carbons (Fsp3) is 0.300. The van der Waals surface area contributed by atoms with E-state index in [9.17, 15) is 18.0 Å². The molecule has 1 aliphatic heterocycles. The third-order valence-electron chi connectivity index (χ3n) is 5.04. The molecule has 28 heavy (non-hydrogen) atoms. The molecular formula is C20H19NO5S2. The molecule has 3 heterocycles. The summed E-state index contributed by atoms with van der Waals surface area (Å²) >= 11 is 1.52. The molecule has 1 unspecified atom stereocenters. The van der Waals surface area contributed by atoms with Crippen LogP contribution in [0.4, 0.5) is 0 Å². The molecule has 8 heteroatoms. The van der Waals surface area contributed by atoms with Crippen molar-refractivity contribution >= 4 is 38.1 Å². The fourth-order valence-electron chi connectivity index (χ4n) is 3.46. The second kappa shape index (κ2) is 7.18. The van der Waals surface area contributed by atoms with Gasteiger partial charge in [0, 0.05) is 17.0 Å². The molecule has 1 atom stereocenters. The second-order valence-corrected chi connectivity index (χ2v) is 10.2. The Kier molecular flexibility index (Phi) is 4.84. The number of fused-ring (bicyclic) bond motifs is 1. The van der Waals surface area contributed by atoms with Crippen molar-refractivity contribution < 1.29 is 17.6 Å². The highest BCUT2D eigenvalue weighted by atomic mass is 32.2. The number of para-hydroxylation sites is 1. The van der Waals surface area contributed by atoms with Gasteiger partial charge in [0.25, 0.3) is 5.91 Å². The third-order valence-corrected chi connectivity index (χ3v) is 7.80. The average molecular weight is 418 g/mol. The molecule has 4 rings (SSSR count). The molecule has 1 fully saturated rings. The summed E-state index contributed by atoms with van der Waals surface area (Å²) in [6, 6.07) is 9.47. The second-order valence-electron chi connectivity index (χ2n) is 6.99. The number of nitrogens with zero attached hydrogens (tertiary/aromatic N) is 1. The summed E-state index contributed by atoms with van der Waals surface area (Å²) in [5.41, 5.74) is 1.09. The van der Waals surface area contributed by atoms with E-state index in [0.29, 0.717) is 23.9 Å². The summed E-state index contributed by atoms with van der Waals surface area (Å²) in [5, 5.41) is 2.35. The first-order valence-electron chi connectivity index (χ1n) is 8.91. The molecule has 1 saturated heterocycles. The molecule has 1 aliphatic rings. The predicted octanol–water partition coefficient (Wildman–Crippen LogP) is 2.99. The topological polar surface area (TPSA) is 84.7 Å². The number of carbonyl (C=O) groups excluding carboxylic acids is 1. The van der Waals surface area contributed by atoms with Crippen molar-refractivity contribution in [2.45, 2.75) is 25.9 Å². The lowest BCUT2D eigenvalue weighted by atomic mass is 10.1. The van der Waals surface area contributed by atoms with Gasteiger partial charge in [-0.3, -0.25) is 9.59 Å². The normalized spacial score (nSPS) is 18.4. The van der Waals surface area contributed by atoms with Crippen molar-refractivity contribution in [2.24, 2.45) is 0 Å². The van der Waals surface area contributed by atoms with Gasteiger partial charge in [0.15, 0.2) is 21.0 Å². The van der Waals surface area contributed by atoms with Crippen molar-refractivity contribution in [3.05, 3.63) is 68.2 Å². The zero-order valence-corrected chi connectivity index (χ0v) is 16.9. The van der Waals surface area contributed by atoms with Gasteiger partial charge in [0.05, 0.1) is 23.4 Å². The Bertz CT molecular complexity index is 1210. The summed E-state index contributed by atoms with van der Waals surface area (Å²) in [6.07, 6.45) is 0.385. The Morgan fingerprint density at radius 3 is 2.75 bits per heavy atom. The summed E-state index contributed by atoms with van der Waals surface area (Å²) in [5.74, 6) is -0.534. The Labute approximate surface area is 166 Å². The van der Waals surface area contributed by atoms with Gasteiger partial charge in [-0.15, -0.1) is 11.3 Å². The van der Waals surface area contributed by atoms with Crippen LogP contribution in [0.15, 0.2) is 51.0 Å². The Hall–Kier alpha value is -2.45. The minimum absolute atomic E-state index is 0.0620. The van der Waals surface area contributed by atoms with Crippen LogP contribution in [-0.4, -0.2) is 36.8 Å². The molecule has 0 radical (unpaired) electrons. The van der Waals surface area contributed by atoms with Crippen LogP contribution in [0.3, 0.4) is 0 Å². The molecule has 3 aromatic rings. The van der Waals surface area contributed by atoms with E-state index >= 15 is 0 Å². The van der Waals surface area contributed by atoms with Gasteiger partial charge >= 0.3 is 0 Å². The average Bonchev–Trinajstić information content (AvgIpc) is 3.23. The van der Waals surface area contributed by atoms with E-state index < -0.39 is 21.8 Å². The largest absolute Gasteiger partial charge is 0.451 e. The number of sulfone groups is 1. The van der Waals surface area contributed by atoms with E-state index in [4.69, 9.17) is 4.42 Å². The van der Waals surface area contributed by atoms with E-state index in [-0.39, 0.29) is 22.7 Å². The summed E-state index contributed by atoms with van der Waals surface area (Å²) in [7, 11) is -3.17. The molecule has 0 aliphatic carbocycles. The van der Waals surface area contributed by atoms with Crippen LogP contribution in [0, 0.1) is 6.92 Å². The maximum absolute atomic E-state index is 13.3. The first kappa shape index (κ1) is 18.9. The Morgan fingerprint density at radius 1 is 1.29 bits per heavy atom. The monoisotopic (exact) mass is 417 g/mol. The molecule has 6 nitrogen and oxygen atoms in total. The zero-order valence-electron chi connectivity index (χ0n) is 15.3. The first-order chi connectivity index (χ1) is 13.3. The minimum Gasteiger partial charge on any atom is -0.451 e. The zero-order chi connectivity index (χ0) is 19.9. The fourth-order valence-corrected chi connectivity index (χ4v) is 6.09. The van der Waals surface area contributed by atoms with Crippen LogP contribution in [0.5, 0.6) is 0 Å². The van der Waals surface area contributed by atoms with Gasteiger partial charge in [0.1, 0.15) is 5.58 Å². The lowest BCUT2D eigenvalue weighted by Gasteiger charge is -2.27. The minimum atomic E-state index is -3.17. The molecule has 0 N–H and O–H groups in total. The van der Waals surface area contributed by atoms with E-state index in [2.05, 4.69) is 0 Å². The van der Waals surface area contributed by atoms with E-state index in [0.717, 1.165) is 10.4 Å². The number of hydrogen-bond donors (Lipinski definition) is 0.